The van der Waals surface area contributed by atoms with Gasteiger partial charge in [-0.1, -0.05) is 54.0 Å². The van der Waals surface area contributed by atoms with Crippen LogP contribution >= 0.6 is 0 Å². The minimum atomic E-state index is -0.674. The monoisotopic (exact) mass is 236 g/mol. The van der Waals surface area contributed by atoms with E-state index < -0.39 is 6.10 Å². The molecule has 0 unspecified atom stereocenters. The Bertz CT molecular complexity index is 532. The Labute approximate surface area is 109 Å². The van der Waals surface area contributed by atoms with Crippen molar-refractivity contribution in [2.45, 2.75) is 31.8 Å². The van der Waals surface area contributed by atoms with Crippen molar-refractivity contribution in [1.82, 2.24) is 0 Å². The Balaban J connectivity index is 2.25. The maximum atomic E-state index is 10.3. The van der Waals surface area contributed by atoms with E-state index in [-0.39, 0.29) is 0 Å². The van der Waals surface area contributed by atoms with Crippen LogP contribution in [0.1, 0.15) is 37.4 Å². The minimum absolute atomic E-state index is 0.674. The fourth-order valence-corrected chi connectivity index (χ4v) is 1.79. The van der Waals surface area contributed by atoms with E-state index in [1.54, 1.807) is 6.08 Å². The molecule has 0 aromatic heterocycles. The fraction of sp³-hybridized carbons (Fsp3) is 0.294. The molecule has 0 radical (unpaired) electrons. The molecule has 0 spiro atoms. The molecule has 0 saturated carbocycles. The van der Waals surface area contributed by atoms with Gasteiger partial charge in [-0.15, -0.1) is 0 Å². The lowest BCUT2D eigenvalue weighted by Gasteiger charge is -2.09. The van der Waals surface area contributed by atoms with Crippen LogP contribution in [-0.2, 0) is 0 Å². The average Bonchev–Trinajstić information content (AvgIpc) is 2.45. The number of rotatable bonds is 2. The van der Waals surface area contributed by atoms with Crippen molar-refractivity contribution in [1.29, 1.82) is 0 Å². The summed E-state index contributed by atoms with van der Waals surface area (Å²) in [7, 11) is 0. The fourth-order valence-electron chi connectivity index (χ4n) is 1.79. The molecule has 1 nitrogen and oxygen atoms in total. The molecule has 2 rings (SSSR count). The van der Waals surface area contributed by atoms with Gasteiger partial charge in [0.15, 0.2) is 0 Å². The van der Waals surface area contributed by atoms with Crippen LogP contribution in [0, 0.1) is 23.7 Å². The first-order valence-electron chi connectivity index (χ1n) is 6.28. The standard InChI is InChI=1S/C17H16O/c18-17(16-13-9-6-10-14-16)15-11-7-4-2-1-3-5-8-12-15/h6,9-10,12-14,17-18H,1-4H2/b15-12+/t17-/m0/s1. The van der Waals surface area contributed by atoms with Crippen LogP contribution in [-0.4, -0.2) is 5.11 Å². The van der Waals surface area contributed by atoms with Crippen molar-refractivity contribution in [3.8, 4) is 23.7 Å². The number of benzene rings is 1. The van der Waals surface area contributed by atoms with Crippen molar-refractivity contribution >= 4 is 0 Å². The minimum Gasteiger partial charge on any atom is -0.383 e. The summed E-state index contributed by atoms with van der Waals surface area (Å²) in [4.78, 5) is 0. The molecule has 1 aromatic rings. The van der Waals surface area contributed by atoms with Crippen molar-refractivity contribution in [2.75, 3.05) is 0 Å². The third-order valence-corrected chi connectivity index (χ3v) is 2.83. The highest BCUT2D eigenvalue weighted by atomic mass is 16.3. The summed E-state index contributed by atoms with van der Waals surface area (Å²) in [5.41, 5.74) is 1.55. The highest BCUT2D eigenvalue weighted by Gasteiger charge is 2.10. The maximum absolute atomic E-state index is 10.3. The molecule has 1 aromatic carbocycles. The lowest BCUT2D eigenvalue weighted by atomic mass is 10.0. The van der Waals surface area contributed by atoms with Crippen LogP contribution < -0.4 is 0 Å². The van der Waals surface area contributed by atoms with Crippen LogP contribution in [0.5, 0.6) is 0 Å². The molecule has 1 heteroatoms. The van der Waals surface area contributed by atoms with E-state index in [0.29, 0.717) is 5.57 Å². The molecular weight excluding hydrogens is 220 g/mol. The Hall–Kier alpha value is -1.96. The molecule has 18 heavy (non-hydrogen) atoms. The van der Waals surface area contributed by atoms with Gasteiger partial charge in [0.1, 0.15) is 6.10 Å². The molecule has 1 aliphatic rings. The van der Waals surface area contributed by atoms with Crippen molar-refractivity contribution in [3.05, 3.63) is 47.5 Å². The van der Waals surface area contributed by atoms with E-state index in [0.717, 1.165) is 31.2 Å². The van der Waals surface area contributed by atoms with Crippen LogP contribution in [0.2, 0.25) is 0 Å². The van der Waals surface area contributed by atoms with Crippen LogP contribution in [0.15, 0.2) is 42.0 Å². The zero-order chi connectivity index (χ0) is 12.6. The second kappa shape index (κ2) is 6.70. The third kappa shape index (κ3) is 3.52. The molecule has 0 aliphatic heterocycles. The van der Waals surface area contributed by atoms with Gasteiger partial charge in [0, 0.05) is 24.5 Å². The molecule has 0 saturated heterocycles. The summed E-state index contributed by atoms with van der Waals surface area (Å²) in [6.07, 6.45) is 5.04. The number of hydrogen-bond acceptors (Lipinski definition) is 1. The van der Waals surface area contributed by atoms with E-state index >= 15 is 0 Å². The summed E-state index contributed by atoms with van der Waals surface area (Å²) in [6.45, 7) is 0. The second-order valence-electron chi connectivity index (χ2n) is 4.24. The van der Waals surface area contributed by atoms with Crippen molar-refractivity contribution < 1.29 is 5.11 Å². The summed E-state index contributed by atoms with van der Waals surface area (Å²) in [5, 5.41) is 10.3. The van der Waals surface area contributed by atoms with E-state index in [4.69, 9.17) is 0 Å². The van der Waals surface area contributed by atoms with E-state index in [9.17, 15) is 5.11 Å². The van der Waals surface area contributed by atoms with Gasteiger partial charge in [-0.25, -0.2) is 0 Å². The number of aliphatic hydroxyl groups is 1. The number of hydrogen-bond donors (Lipinski definition) is 1. The summed E-state index contributed by atoms with van der Waals surface area (Å²) < 4.78 is 0. The first kappa shape index (κ1) is 12.5. The average molecular weight is 236 g/mol. The zero-order valence-corrected chi connectivity index (χ0v) is 10.3. The molecule has 1 N–H and O–H groups in total. The van der Waals surface area contributed by atoms with E-state index in [2.05, 4.69) is 23.7 Å². The van der Waals surface area contributed by atoms with Gasteiger partial charge in [-0.3, -0.25) is 0 Å². The predicted octanol–water partition coefficient (Wildman–Crippen LogP) is 3.23. The Kier molecular flexibility index (Phi) is 4.65. The van der Waals surface area contributed by atoms with Gasteiger partial charge in [0.05, 0.1) is 0 Å². The molecule has 1 aliphatic carbocycles. The van der Waals surface area contributed by atoms with Crippen molar-refractivity contribution in [3.63, 3.8) is 0 Å². The molecular formula is C17H16O. The molecule has 1 atom stereocenters. The van der Waals surface area contributed by atoms with Gasteiger partial charge in [-0.05, 0) is 18.4 Å². The largest absolute Gasteiger partial charge is 0.383 e. The van der Waals surface area contributed by atoms with Gasteiger partial charge in [-0.2, -0.15) is 0 Å². The lowest BCUT2D eigenvalue weighted by Crippen LogP contribution is -2.00. The second-order valence-corrected chi connectivity index (χ2v) is 4.24. The number of aliphatic hydroxyl groups excluding tert-OH is 1. The SMILES string of the molecule is O[C@@H](/C1=C/C#CCCCCC#C1)c1ccccc1. The van der Waals surface area contributed by atoms with Crippen LogP contribution in [0.4, 0.5) is 0 Å². The van der Waals surface area contributed by atoms with Crippen molar-refractivity contribution in [2.24, 2.45) is 0 Å². The first-order chi connectivity index (χ1) is 8.88. The summed E-state index contributed by atoms with van der Waals surface area (Å²) >= 11 is 0. The third-order valence-electron chi connectivity index (χ3n) is 2.83. The van der Waals surface area contributed by atoms with Gasteiger partial charge >= 0.3 is 0 Å². The molecule has 0 fully saturated rings. The topological polar surface area (TPSA) is 20.2 Å². The normalized spacial score (nSPS) is 19.3. The maximum Gasteiger partial charge on any atom is 0.112 e. The van der Waals surface area contributed by atoms with Gasteiger partial charge < -0.3 is 5.11 Å². The molecule has 0 bridgehead atoms. The highest BCUT2D eigenvalue weighted by Crippen LogP contribution is 2.20. The van der Waals surface area contributed by atoms with E-state index in [1.807, 2.05) is 30.3 Å². The van der Waals surface area contributed by atoms with Gasteiger partial charge in [0.2, 0.25) is 0 Å². The first-order valence-corrected chi connectivity index (χ1v) is 6.28. The van der Waals surface area contributed by atoms with Crippen LogP contribution in [0.25, 0.3) is 0 Å². The Morgan fingerprint density at radius 2 is 1.72 bits per heavy atom. The molecule has 90 valence electrons. The quantitative estimate of drug-likeness (QED) is 0.782. The highest BCUT2D eigenvalue weighted by molar-refractivity contribution is 5.41. The lowest BCUT2D eigenvalue weighted by molar-refractivity contribution is 0.221. The smallest absolute Gasteiger partial charge is 0.112 e. The Morgan fingerprint density at radius 3 is 2.50 bits per heavy atom. The molecule has 0 heterocycles. The van der Waals surface area contributed by atoms with Gasteiger partial charge in [0.25, 0.3) is 0 Å². The Morgan fingerprint density at radius 1 is 1.00 bits per heavy atom. The summed E-state index contributed by atoms with van der Waals surface area (Å²) in [6, 6.07) is 9.57. The number of allylic oxidation sites excluding steroid dienone is 1. The zero-order valence-electron chi connectivity index (χ0n) is 10.3. The van der Waals surface area contributed by atoms with E-state index in [1.165, 1.54) is 0 Å². The van der Waals surface area contributed by atoms with Crippen LogP contribution in [0.3, 0.4) is 0 Å². The molecule has 0 amide bonds. The summed E-state index contributed by atoms with van der Waals surface area (Å²) in [5.74, 6) is 12.2. The predicted molar refractivity (Wildman–Crippen MR) is 73.5 cm³/mol.